The Labute approximate surface area is 156 Å². The smallest absolute Gasteiger partial charge is 0.0340 e. The fourth-order valence-corrected chi connectivity index (χ4v) is 2.72. The SMILES string of the molecule is CC#CCc1ccc(C#Cc2ccc(-c3ccc(CC)cc3)cc2)cc1. The third-order valence-electron chi connectivity index (χ3n) is 4.35. The minimum Gasteiger partial charge on any atom is -0.106 e. The van der Waals surface area contributed by atoms with E-state index in [1.807, 2.05) is 6.92 Å². The first-order chi connectivity index (χ1) is 12.8. The second kappa shape index (κ2) is 8.75. The van der Waals surface area contributed by atoms with Crippen LogP contribution in [0.2, 0.25) is 0 Å². The van der Waals surface area contributed by atoms with Crippen LogP contribution in [0.4, 0.5) is 0 Å². The van der Waals surface area contributed by atoms with E-state index >= 15 is 0 Å². The molecular formula is C26H22. The minimum absolute atomic E-state index is 0.797. The molecular weight excluding hydrogens is 312 g/mol. The van der Waals surface area contributed by atoms with Gasteiger partial charge in [-0.25, -0.2) is 0 Å². The van der Waals surface area contributed by atoms with Crippen molar-refractivity contribution in [3.8, 4) is 34.8 Å². The average molecular weight is 334 g/mol. The number of hydrogen-bond acceptors (Lipinski definition) is 0. The van der Waals surface area contributed by atoms with E-state index in [0.717, 1.165) is 24.0 Å². The van der Waals surface area contributed by atoms with E-state index < -0.39 is 0 Å². The lowest BCUT2D eigenvalue weighted by atomic mass is 10.0. The van der Waals surface area contributed by atoms with Crippen LogP contribution in [-0.2, 0) is 12.8 Å². The van der Waals surface area contributed by atoms with Gasteiger partial charge >= 0.3 is 0 Å². The van der Waals surface area contributed by atoms with Crippen LogP contribution in [0.5, 0.6) is 0 Å². The summed E-state index contributed by atoms with van der Waals surface area (Å²) in [4.78, 5) is 0. The van der Waals surface area contributed by atoms with Crippen LogP contribution in [0.15, 0.2) is 72.8 Å². The molecule has 3 aromatic rings. The maximum atomic E-state index is 3.24. The summed E-state index contributed by atoms with van der Waals surface area (Å²) in [5.41, 5.74) is 7.11. The van der Waals surface area contributed by atoms with Crippen molar-refractivity contribution >= 4 is 0 Å². The predicted octanol–water partition coefficient (Wildman–Crippen LogP) is 5.88. The molecule has 0 heteroatoms. The van der Waals surface area contributed by atoms with Crippen LogP contribution in [0.25, 0.3) is 11.1 Å². The van der Waals surface area contributed by atoms with Gasteiger partial charge in [-0.15, -0.1) is 5.92 Å². The van der Waals surface area contributed by atoms with Crippen LogP contribution in [-0.4, -0.2) is 0 Å². The Morgan fingerprint density at radius 3 is 1.58 bits per heavy atom. The largest absolute Gasteiger partial charge is 0.106 e. The Morgan fingerprint density at radius 1 is 0.615 bits per heavy atom. The summed E-state index contributed by atoms with van der Waals surface area (Å²) < 4.78 is 0. The third-order valence-corrected chi connectivity index (χ3v) is 4.35. The molecule has 0 N–H and O–H groups in total. The molecule has 0 saturated heterocycles. The van der Waals surface area contributed by atoms with E-state index in [0.29, 0.717) is 0 Å². The molecule has 0 heterocycles. The van der Waals surface area contributed by atoms with Crippen LogP contribution >= 0.6 is 0 Å². The molecule has 0 bridgehead atoms. The highest BCUT2D eigenvalue weighted by molar-refractivity contribution is 5.64. The zero-order valence-corrected chi connectivity index (χ0v) is 15.3. The summed E-state index contributed by atoms with van der Waals surface area (Å²) in [5.74, 6) is 12.5. The zero-order valence-electron chi connectivity index (χ0n) is 15.3. The predicted molar refractivity (Wildman–Crippen MR) is 111 cm³/mol. The van der Waals surface area contributed by atoms with Crippen molar-refractivity contribution in [1.29, 1.82) is 0 Å². The minimum atomic E-state index is 0.797. The van der Waals surface area contributed by atoms with Gasteiger partial charge in [-0.3, -0.25) is 0 Å². The van der Waals surface area contributed by atoms with Crippen molar-refractivity contribution in [1.82, 2.24) is 0 Å². The normalized spacial score (nSPS) is 9.62. The topological polar surface area (TPSA) is 0 Å². The van der Waals surface area contributed by atoms with E-state index in [1.54, 1.807) is 0 Å². The van der Waals surface area contributed by atoms with Gasteiger partial charge in [0.05, 0.1) is 0 Å². The van der Waals surface area contributed by atoms with Crippen LogP contribution in [0.1, 0.15) is 36.1 Å². The molecule has 3 rings (SSSR count). The van der Waals surface area contributed by atoms with E-state index in [4.69, 9.17) is 0 Å². The Hall–Kier alpha value is -3.22. The van der Waals surface area contributed by atoms with E-state index in [1.165, 1.54) is 22.3 Å². The molecule has 0 atom stereocenters. The number of benzene rings is 3. The van der Waals surface area contributed by atoms with E-state index in [-0.39, 0.29) is 0 Å². The third kappa shape index (κ3) is 4.66. The van der Waals surface area contributed by atoms with Gasteiger partial charge in [0.1, 0.15) is 0 Å². The van der Waals surface area contributed by atoms with Crippen LogP contribution < -0.4 is 0 Å². The summed E-state index contributed by atoms with van der Waals surface area (Å²) in [7, 11) is 0. The Balaban J connectivity index is 1.71. The molecule has 0 saturated carbocycles. The van der Waals surface area contributed by atoms with Gasteiger partial charge in [0.25, 0.3) is 0 Å². The molecule has 0 radical (unpaired) electrons. The second-order valence-corrected chi connectivity index (χ2v) is 6.18. The lowest BCUT2D eigenvalue weighted by Gasteiger charge is -2.03. The fraction of sp³-hybridized carbons (Fsp3) is 0.154. The van der Waals surface area contributed by atoms with Gasteiger partial charge in [-0.2, -0.15) is 0 Å². The molecule has 0 aliphatic heterocycles. The quantitative estimate of drug-likeness (QED) is 0.525. The molecule has 3 aromatic carbocycles. The van der Waals surface area contributed by atoms with E-state index in [2.05, 4.69) is 103 Å². The molecule has 126 valence electrons. The summed E-state index contributed by atoms with van der Waals surface area (Å²) in [6.45, 7) is 4.04. The van der Waals surface area contributed by atoms with Crippen LogP contribution in [0.3, 0.4) is 0 Å². The van der Waals surface area contributed by atoms with E-state index in [9.17, 15) is 0 Å². The monoisotopic (exact) mass is 334 g/mol. The summed E-state index contributed by atoms with van der Waals surface area (Å²) in [6.07, 6.45) is 1.87. The van der Waals surface area contributed by atoms with Crippen molar-refractivity contribution in [2.45, 2.75) is 26.7 Å². The Kier molecular flexibility index (Phi) is 5.92. The molecule has 0 aliphatic carbocycles. The van der Waals surface area contributed by atoms with Gasteiger partial charge in [0.15, 0.2) is 0 Å². The molecule has 0 nitrogen and oxygen atoms in total. The maximum absolute atomic E-state index is 3.24. The van der Waals surface area contributed by atoms with Crippen molar-refractivity contribution in [3.63, 3.8) is 0 Å². The number of hydrogen-bond donors (Lipinski definition) is 0. The molecule has 26 heavy (non-hydrogen) atoms. The van der Waals surface area contributed by atoms with Gasteiger partial charge in [0, 0.05) is 17.5 Å². The maximum Gasteiger partial charge on any atom is 0.0340 e. The molecule has 0 amide bonds. The molecule has 0 unspecified atom stereocenters. The Bertz CT molecular complexity index is 965. The summed E-state index contributed by atoms with van der Waals surface area (Å²) in [5, 5.41) is 0. The lowest BCUT2D eigenvalue weighted by Crippen LogP contribution is -1.83. The summed E-state index contributed by atoms with van der Waals surface area (Å²) in [6, 6.07) is 25.5. The fourth-order valence-electron chi connectivity index (χ4n) is 2.72. The second-order valence-electron chi connectivity index (χ2n) is 6.18. The lowest BCUT2D eigenvalue weighted by molar-refractivity contribution is 1.14. The highest BCUT2D eigenvalue weighted by Gasteiger charge is 1.98. The number of aryl methyl sites for hydroxylation is 1. The molecule has 0 aromatic heterocycles. The molecule has 0 spiro atoms. The first-order valence-electron chi connectivity index (χ1n) is 8.98. The first-order valence-corrected chi connectivity index (χ1v) is 8.98. The zero-order chi connectivity index (χ0) is 18.2. The highest BCUT2D eigenvalue weighted by Crippen LogP contribution is 2.20. The van der Waals surface area contributed by atoms with Crippen molar-refractivity contribution in [2.24, 2.45) is 0 Å². The van der Waals surface area contributed by atoms with Gasteiger partial charge in [-0.05, 0) is 59.9 Å². The average Bonchev–Trinajstić information content (AvgIpc) is 2.72. The summed E-state index contributed by atoms with van der Waals surface area (Å²) >= 11 is 0. The first kappa shape index (κ1) is 17.6. The van der Waals surface area contributed by atoms with Gasteiger partial charge < -0.3 is 0 Å². The highest BCUT2D eigenvalue weighted by atomic mass is 14.0. The van der Waals surface area contributed by atoms with Crippen molar-refractivity contribution in [2.75, 3.05) is 0 Å². The van der Waals surface area contributed by atoms with Crippen molar-refractivity contribution in [3.05, 3.63) is 95.1 Å². The number of rotatable bonds is 3. The molecule has 0 fully saturated rings. The van der Waals surface area contributed by atoms with Gasteiger partial charge in [-0.1, -0.05) is 73.2 Å². The standard InChI is InChI=1S/C26H22/c1-3-5-6-22-7-9-23(10-8-22)11-12-24-15-19-26(20-16-24)25-17-13-21(4-2)14-18-25/h7-10,13-20H,4,6H2,1-2H3. The molecule has 0 aliphatic rings. The van der Waals surface area contributed by atoms with Crippen molar-refractivity contribution < 1.29 is 0 Å². The Morgan fingerprint density at radius 2 is 1.08 bits per heavy atom. The van der Waals surface area contributed by atoms with Crippen LogP contribution in [0, 0.1) is 23.7 Å². The van der Waals surface area contributed by atoms with Gasteiger partial charge in [0.2, 0.25) is 0 Å².